The SMILES string of the molecule is F[B-](F)(F)c1ccccc1OCc1cccc(Cl)c1.[K+]. The molecule has 0 aliphatic carbocycles. The summed E-state index contributed by atoms with van der Waals surface area (Å²) in [6, 6.07) is 12.0. The van der Waals surface area contributed by atoms with Crippen LogP contribution < -0.4 is 61.6 Å². The van der Waals surface area contributed by atoms with Crippen LogP contribution in [0.1, 0.15) is 5.56 Å². The van der Waals surface area contributed by atoms with E-state index in [0.29, 0.717) is 5.02 Å². The molecule has 0 N–H and O–H groups in total. The monoisotopic (exact) mass is 324 g/mol. The molecule has 2 rings (SSSR count). The van der Waals surface area contributed by atoms with Gasteiger partial charge in [0.2, 0.25) is 0 Å². The number of benzene rings is 2. The third kappa shape index (κ3) is 5.09. The largest absolute Gasteiger partial charge is 1.00 e. The fourth-order valence-corrected chi connectivity index (χ4v) is 1.88. The summed E-state index contributed by atoms with van der Waals surface area (Å²) >= 11 is 5.80. The molecule has 0 unspecified atom stereocenters. The Bertz CT molecular complexity index is 578. The molecule has 0 atom stereocenters. The Hall–Kier alpha value is 0.0213. The number of rotatable bonds is 4. The molecule has 7 heteroatoms. The molecule has 0 aromatic heterocycles. The number of halogens is 4. The first-order chi connectivity index (χ1) is 8.97. The molecular formula is C13H10BClF3KO. The van der Waals surface area contributed by atoms with Crippen LogP contribution in [0.4, 0.5) is 12.9 Å². The van der Waals surface area contributed by atoms with Crippen molar-refractivity contribution in [1.82, 2.24) is 0 Å². The van der Waals surface area contributed by atoms with Crippen molar-refractivity contribution < 1.29 is 69.1 Å². The molecule has 0 aliphatic heterocycles. The van der Waals surface area contributed by atoms with Gasteiger partial charge in [-0.3, -0.25) is 0 Å². The van der Waals surface area contributed by atoms with Crippen molar-refractivity contribution in [2.75, 3.05) is 0 Å². The van der Waals surface area contributed by atoms with Gasteiger partial charge in [0, 0.05) is 5.02 Å². The number of ether oxygens (including phenoxy) is 1. The van der Waals surface area contributed by atoms with Gasteiger partial charge in [-0.25, -0.2) is 0 Å². The Kier molecular flexibility index (Phi) is 7.11. The van der Waals surface area contributed by atoms with Crippen LogP contribution >= 0.6 is 11.6 Å². The van der Waals surface area contributed by atoms with Crippen LogP contribution in [-0.4, -0.2) is 6.98 Å². The van der Waals surface area contributed by atoms with E-state index in [0.717, 1.165) is 11.6 Å². The summed E-state index contributed by atoms with van der Waals surface area (Å²) in [5.74, 6) is -0.157. The summed E-state index contributed by atoms with van der Waals surface area (Å²) in [5.41, 5.74) is 0.00139. The van der Waals surface area contributed by atoms with E-state index >= 15 is 0 Å². The summed E-state index contributed by atoms with van der Waals surface area (Å²) in [6.45, 7) is -5.03. The molecule has 20 heavy (non-hydrogen) atoms. The molecule has 2 aromatic carbocycles. The van der Waals surface area contributed by atoms with Crippen molar-refractivity contribution in [3.05, 3.63) is 59.1 Å². The second-order valence-electron chi connectivity index (χ2n) is 4.03. The van der Waals surface area contributed by atoms with Gasteiger partial charge >= 0.3 is 58.4 Å². The van der Waals surface area contributed by atoms with E-state index in [4.69, 9.17) is 16.3 Å². The average Bonchev–Trinajstić information content (AvgIpc) is 2.36. The predicted octanol–water partition coefficient (Wildman–Crippen LogP) is 0.977. The Labute approximate surface area is 162 Å². The molecule has 0 amide bonds. The summed E-state index contributed by atoms with van der Waals surface area (Å²) < 4.78 is 43.6. The Morgan fingerprint density at radius 1 is 1.00 bits per heavy atom. The minimum atomic E-state index is -5.08. The molecule has 0 fully saturated rings. The summed E-state index contributed by atoms with van der Waals surface area (Å²) in [5, 5.41) is 0.523. The number of hydrogen-bond donors (Lipinski definition) is 0. The van der Waals surface area contributed by atoms with Crippen molar-refractivity contribution in [3.63, 3.8) is 0 Å². The van der Waals surface area contributed by atoms with Gasteiger partial charge in [0.1, 0.15) is 6.61 Å². The van der Waals surface area contributed by atoms with Crippen molar-refractivity contribution in [2.24, 2.45) is 0 Å². The maximum atomic E-state index is 12.8. The first-order valence-corrected chi connectivity index (χ1v) is 6.01. The maximum Gasteiger partial charge on any atom is 1.00 e. The summed E-state index contributed by atoms with van der Waals surface area (Å²) in [6.07, 6.45) is 0. The van der Waals surface area contributed by atoms with Gasteiger partial charge in [0.15, 0.2) is 0 Å². The minimum Gasteiger partial charge on any atom is -0.492 e. The smallest absolute Gasteiger partial charge is 0.492 e. The van der Waals surface area contributed by atoms with E-state index < -0.39 is 12.4 Å². The third-order valence-corrected chi connectivity index (χ3v) is 2.79. The number of para-hydroxylation sites is 1. The first kappa shape index (κ1) is 18.1. The van der Waals surface area contributed by atoms with Gasteiger partial charge < -0.3 is 17.7 Å². The predicted molar refractivity (Wildman–Crippen MR) is 70.9 cm³/mol. The van der Waals surface area contributed by atoms with Crippen LogP contribution in [0.15, 0.2) is 48.5 Å². The summed E-state index contributed by atoms with van der Waals surface area (Å²) in [4.78, 5) is 0. The standard InChI is InChI=1S/C13H10BClF3O.K/c15-11-5-3-4-10(8-11)9-19-13-7-2-1-6-12(13)14(16,17)18;/h1-8H,9H2;/q-1;+1. The molecule has 0 spiro atoms. The molecule has 1 nitrogen and oxygen atoms in total. The third-order valence-electron chi connectivity index (χ3n) is 2.56. The van der Waals surface area contributed by atoms with Crippen molar-refractivity contribution >= 4 is 24.0 Å². The zero-order valence-corrected chi connectivity index (χ0v) is 14.7. The Morgan fingerprint density at radius 3 is 2.35 bits per heavy atom. The molecule has 100 valence electrons. The van der Waals surface area contributed by atoms with Gasteiger partial charge in [0.05, 0.1) is 5.75 Å². The molecule has 2 aromatic rings. The van der Waals surface area contributed by atoms with Gasteiger partial charge in [0.25, 0.3) is 0 Å². The molecule has 0 saturated carbocycles. The molecule has 0 saturated heterocycles. The van der Waals surface area contributed by atoms with Gasteiger partial charge in [-0.1, -0.05) is 47.4 Å². The zero-order valence-electron chi connectivity index (χ0n) is 10.8. The second-order valence-corrected chi connectivity index (χ2v) is 4.47. The van der Waals surface area contributed by atoms with E-state index in [9.17, 15) is 12.9 Å². The molecular weight excluding hydrogens is 314 g/mol. The van der Waals surface area contributed by atoms with E-state index in [-0.39, 0.29) is 63.7 Å². The van der Waals surface area contributed by atoms with Crippen molar-refractivity contribution in [3.8, 4) is 5.75 Å². The second kappa shape index (κ2) is 7.87. The van der Waals surface area contributed by atoms with Gasteiger partial charge in [-0.05, 0) is 23.8 Å². The maximum absolute atomic E-state index is 12.8. The molecule has 0 heterocycles. The normalized spacial score (nSPS) is 10.8. The van der Waals surface area contributed by atoms with Crippen LogP contribution in [0.5, 0.6) is 5.75 Å². The van der Waals surface area contributed by atoms with Crippen LogP contribution in [0.2, 0.25) is 5.02 Å². The fraction of sp³-hybridized carbons (Fsp3) is 0.0769. The number of hydrogen-bond acceptors (Lipinski definition) is 1. The van der Waals surface area contributed by atoms with E-state index in [2.05, 4.69) is 0 Å². The van der Waals surface area contributed by atoms with Crippen molar-refractivity contribution in [1.29, 1.82) is 0 Å². The van der Waals surface area contributed by atoms with Crippen LogP contribution in [-0.2, 0) is 6.61 Å². The quantitative estimate of drug-likeness (QED) is 0.762. The fourth-order valence-electron chi connectivity index (χ4n) is 1.67. The van der Waals surface area contributed by atoms with Crippen molar-refractivity contribution in [2.45, 2.75) is 6.61 Å². The Balaban J connectivity index is 0.00000200. The molecule has 0 radical (unpaired) electrons. The zero-order chi connectivity index (χ0) is 13.9. The Morgan fingerprint density at radius 2 is 1.70 bits per heavy atom. The molecule has 0 aliphatic rings. The summed E-state index contributed by atoms with van der Waals surface area (Å²) in [7, 11) is 0. The van der Waals surface area contributed by atoms with Gasteiger partial charge in [-0.15, -0.1) is 0 Å². The average molecular weight is 325 g/mol. The van der Waals surface area contributed by atoms with Crippen LogP contribution in [0.25, 0.3) is 0 Å². The molecule has 0 bridgehead atoms. The van der Waals surface area contributed by atoms with Crippen LogP contribution in [0, 0.1) is 0 Å². The van der Waals surface area contributed by atoms with E-state index in [1.807, 2.05) is 0 Å². The van der Waals surface area contributed by atoms with Gasteiger partial charge in [-0.2, -0.15) is 0 Å². The van der Waals surface area contributed by atoms with Crippen LogP contribution in [0.3, 0.4) is 0 Å². The first-order valence-electron chi connectivity index (χ1n) is 5.63. The van der Waals surface area contributed by atoms with E-state index in [1.165, 1.54) is 18.2 Å². The van der Waals surface area contributed by atoms with E-state index in [1.54, 1.807) is 24.3 Å². The topological polar surface area (TPSA) is 9.23 Å². The minimum absolute atomic E-state index is 0.